The molecule has 2 aromatic rings. The van der Waals surface area contributed by atoms with Crippen molar-refractivity contribution >= 4 is 17.3 Å². The van der Waals surface area contributed by atoms with Gasteiger partial charge in [0.2, 0.25) is 0 Å². The minimum Gasteiger partial charge on any atom is -0.492 e. The third-order valence-electron chi connectivity index (χ3n) is 2.97. The Morgan fingerprint density at radius 2 is 2.00 bits per heavy atom. The molecule has 0 fully saturated rings. The van der Waals surface area contributed by atoms with Crippen LogP contribution >= 0.6 is 11.6 Å². The van der Waals surface area contributed by atoms with Crippen molar-refractivity contribution in [3.63, 3.8) is 0 Å². The lowest BCUT2D eigenvalue weighted by atomic mass is 10.2. The van der Waals surface area contributed by atoms with Crippen molar-refractivity contribution in [1.82, 2.24) is 0 Å². The predicted molar refractivity (Wildman–Crippen MR) is 85.7 cm³/mol. The first-order chi connectivity index (χ1) is 9.69. The third kappa shape index (κ3) is 4.17. The van der Waals surface area contributed by atoms with E-state index >= 15 is 0 Å². The molecule has 106 valence electrons. The molecule has 0 bridgehead atoms. The van der Waals surface area contributed by atoms with Crippen LogP contribution in [0, 0.1) is 6.92 Å². The largest absolute Gasteiger partial charge is 0.492 e. The molecule has 20 heavy (non-hydrogen) atoms. The second-order valence-corrected chi connectivity index (χ2v) is 5.24. The Bertz CT molecular complexity index is 569. The van der Waals surface area contributed by atoms with Crippen LogP contribution in [0.5, 0.6) is 5.75 Å². The number of anilines is 1. The summed E-state index contributed by atoms with van der Waals surface area (Å²) in [6, 6.07) is 14.3. The SMILES string of the molecule is CCCOc1ccc(CNc2cccc(C)c2)cc1Cl. The van der Waals surface area contributed by atoms with Crippen LogP contribution in [0.3, 0.4) is 0 Å². The number of hydrogen-bond acceptors (Lipinski definition) is 2. The van der Waals surface area contributed by atoms with Crippen molar-refractivity contribution in [2.24, 2.45) is 0 Å². The highest BCUT2D eigenvalue weighted by atomic mass is 35.5. The molecule has 2 rings (SSSR count). The molecule has 0 saturated heterocycles. The Labute approximate surface area is 125 Å². The van der Waals surface area contributed by atoms with Gasteiger partial charge in [0.1, 0.15) is 5.75 Å². The Hall–Kier alpha value is -1.67. The van der Waals surface area contributed by atoms with Gasteiger partial charge in [-0.05, 0) is 48.7 Å². The molecule has 0 atom stereocenters. The zero-order chi connectivity index (χ0) is 14.4. The van der Waals surface area contributed by atoms with E-state index < -0.39 is 0 Å². The summed E-state index contributed by atoms with van der Waals surface area (Å²) < 4.78 is 5.57. The van der Waals surface area contributed by atoms with Gasteiger partial charge >= 0.3 is 0 Å². The number of hydrogen-bond donors (Lipinski definition) is 1. The van der Waals surface area contributed by atoms with Gasteiger partial charge < -0.3 is 10.1 Å². The van der Waals surface area contributed by atoms with Crippen molar-refractivity contribution in [2.45, 2.75) is 26.8 Å². The Kier molecular flexibility index (Phi) is 5.31. The first-order valence-electron chi connectivity index (χ1n) is 6.91. The Balaban J connectivity index is 1.98. The summed E-state index contributed by atoms with van der Waals surface area (Å²) in [5.41, 5.74) is 3.50. The fourth-order valence-corrected chi connectivity index (χ4v) is 2.20. The topological polar surface area (TPSA) is 21.3 Å². The smallest absolute Gasteiger partial charge is 0.137 e. The maximum atomic E-state index is 6.22. The molecule has 2 aromatic carbocycles. The van der Waals surface area contributed by atoms with Crippen LogP contribution in [-0.2, 0) is 6.54 Å². The highest BCUT2D eigenvalue weighted by molar-refractivity contribution is 6.32. The molecular formula is C17H20ClNO. The lowest BCUT2D eigenvalue weighted by Crippen LogP contribution is -2.00. The van der Waals surface area contributed by atoms with E-state index in [0.717, 1.165) is 30.0 Å². The van der Waals surface area contributed by atoms with E-state index in [1.54, 1.807) is 0 Å². The van der Waals surface area contributed by atoms with E-state index in [1.165, 1.54) is 5.56 Å². The summed E-state index contributed by atoms with van der Waals surface area (Å²) in [7, 11) is 0. The second-order valence-electron chi connectivity index (χ2n) is 4.84. The average Bonchev–Trinajstić information content (AvgIpc) is 2.44. The molecule has 0 heterocycles. The molecule has 1 N–H and O–H groups in total. The summed E-state index contributed by atoms with van der Waals surface area (Å²) in [6.45, 7) is 5.60. The number of benzene rings is 2. The van der Waals surface area contributed by atoms with Crippen molar-refractivity contribution in [3.8, 4) is 5.75 Å². The lowest BCUT2D eigenvalue weighted by Gasteiger charge is -2.10. The van der Waals surface area contributed by atoms with E-state index in [9.17, 15) is 0 Å². The maximum absolute atomic E-state index is 6.22. The van der Waals surface area contributed by atoms with Crippen LogP contribution in [0.4, 0.5) is 5.69 Å². The first kappa shape index (κ1) is 14.7. The van der Waals surface area contributed by atoms with Gasteiger partial charge in [-0.25, -0.2) is 0 Å². The number of nitrogens with one attached hydrogen (secondary N) is 1. The quantitative estimate of drug-likeness (QED) is 0.803. The van der Waals surface area contributed by atoms with Gasteiger partial charge in [-0.3, -0.25) is 0 Å². The number of rotatable bonds is 6. The monoisotopic (exact) mass is 289 g/mol. The molecule has 0 aliphatic carbocycles. The summed E-state index contributed by atoms with van der Waals surface area (Å²) in [4.78, 5) is 0. The molecule has 0 saturated carbocycles. The van der Waals surface area contributed by atoms with E-state index in [2.05, 4.69) is 37.4 Å². The third-order valence-corrected chi connectivity index (χ3v) is 3.27. The highest BCUT2D eigenvalue weighted by Gasteiger charge is 2.03. The fourth-order valence-electron chi connectivity index (χ4n) is 1.94. The summed E-state index contributed by atoms with van der Waals surface area (Å²) >= 11 is 6.22. The van der Waals surface area contributed by atoms with Crippen molar-refractivity contribution < 1.29 is 4.74 Å². The van der Waals surface area contributed by atoms with Gasteiger partial charge in [0.05, 0.1) is 11.6 Å². The van der Waals surface area contributed by atoms with E-state index in [4.69, 9.17) is 16.3 Å². The molecular weight excluding hydrogens is 270 g/mol. The Morgan fingerprint density at radius 3 is 2.70 bits per heavy atom. The number of ether oxygens (including phenoxy) is 1. The van der Waals surface area contributed by atoms with Crippen LogP contribution in [0.25, 0.3) is 0 Å². The zero-order valence-electron chi connectivity index (χ0n) is 11.9. The molecule has 3 heteroatoms. The molecule has 0 aliphatic heterocycles. The lowest BCUT2D eigenvalue weighted by molar-refractivity contribution is 0.317. The minimum atomic E-state index is 0.669. The predicted octanol–water partition coefficient (Wildman–Crippen LogP) is 5.05. The fraction of sp³-hybridized carbons (Fsp3) is 0.294. The number of halogens is 1. The van der Waals surface area contributed by atoms with Crippen LogP contribution < -0.4 is 10.1 Å². The molecule has 0 aromatic heterocycles. The van der Waals surface area contributed by atoms with E-state index in [-0.39, 0.29) is 0 Å². The Morgan fingerprint density at radius 1 is 1.15 bits per heavy atom. The van der Waals surface area contributed by atoms with Crippen molar-refractivity contribution in [2.75, 3.05) is 11.9 Å². The maximum Gasteiger partial charge on any atom is 0.137 e. The van der Waals surface area contributed by atoms with Crippen LogP contribution in [0.2, 0.25) is 5.02 Å². The molecule has 0 spiro atoms. The van der Waals surface area contributed by atoms with Crippen LogP contribution in [0.1, 0.15) is 24.5 Å². The van der Waals surface area contributed by atoms with Gasteiger partial charge in [-0.15, -0.1) is 0 Å². The van der Waals surface area contributed by atoms with Crippen LogP contribution in [-0.4, -0.2) is 6.61 Å². The van der Waals surface area contributed by atoms with E-state index in [0.29, 0.717) is 11.6 Å². The van der Waals surface area contributed by atoms with Gasteiger partial charge in [0.25, 0.3) is 0 Å². The van der Waals surface area contributed by atoms with Crippen molar-refractivity contribution in [3.05, 3.63) is 58.6 Å². The number of aryl methyl sites for hydroxylation is 1. The average molecular weight is 290 g/mol. The van der Waals surface area contributed by atoms with Gasteiger partial charge in [0.15, 0.2) is 0 Å². The summed E-state index contributed by atoms with van der Waals surface area (Å²) in [6.07, 6.45) is 0.979. The first-order valence-corrected chi connectivity index (χ1v) is 7.28. The van der Waals surface area contributed by atoms with Gasteiger partial charge in [-0.2, -0.15) is 0 Å². The van der Waals surface area contributed by atoms with Gasteiger partial charge in [0, 0.05) is 12.2 Å². The standard InChI is InChI=1S/C17H20ClNO/c1-3-9-20-17-8-7-14(11-16(17)18)12-19-15-6-4-5-13(2)10-15/h4-8,10-11,19H,3,9,12H2,1-2H3. The molecule has 0 unspecified atom stereocenters. The van der Waals surface area contributed by atoms with Gasteiger partial charge in [-0.1, -0.05) is 36.7 Å². The minimum absolute atomic E-state index is 0.669. The molecule has 0 radical (unpaired) electrons. The van der Waals surface area contributed by atoms with E-state index in [1.807, 2.05) is 24.3 Å². The second kappa shape index (κ2) is 7.20. The van der Waals surface area contributed by atoms with Crippen molar-refractivity contribution in [1.29, 1.82) is 0 Å². The highest BCUT2D eigenvalue weighted by Crippen LogP contribution is 2.26. The zero-order valence-corrected chi connectivity index (χ0v) is 12.7. The molecule has 0 aliphatic rings. The summed E-state index contributed by atoms with van der Waals surface area (Å²) in [5.74, 6) is 0.757. The normalized spacial score (nSPS) is 10.3. The molecule has 2 nitrogen and oxygen atoms in total. The summed E-state index contributed by atoms with van der Waals surface area (Å²) in [5, 5.41) is 4.06. The molecule has 0 amide bonds. The van der Waals surface area contributed by atoms with Crippen LogP contribution in [0.15, 0.2) is 42.5 Å².